The molecule has 1 aromatic heterocycles. The largest absolute Gasteiger partial charge is 0.507 e. The van der Waals surface area contributed by atoms with Gasteiger partial charge in [-0.3, -0.25) is 9.59 Å². The molecule has 0 bridgehead atoms. The first-order valence-corrected chi connectivity index (χ1v) is 9.52. The molecule has 154 valence electrons. The van der Waals surface area contributed by atoms with E-state index < -0.39 is 0 Å². The second kappa shape index (κ2) is 8.00. The Bertz CT molecular complexity index is 1150. The Morgan fingerprint density at radius 1 is 1.30 bits per heavy atom. The van der Waals surface area contributed by atoms with Crippen LogP contribution in [0.25, 0.3) is 11.0 Å². The molecule has 0 unspecified atom stereocenters. The summed E-state index contributed by atoms with van der Waals surface area (Å²) in [6.45, 7) is 1.41. The fraction of sp³-hybridized carbons (Fsp3) is 0.227. The number of benzene rings is 2. The van der Waals surface area contributed by atoms with Crippen molar-refractivity contribution in [3.05, 3.63) is 65.4 Å². The molecule has 2 aromatic carbocycles. The van der Waals surface area contributed by atoms with Gasteiger partial charge in [0.15, 0.2) is 5.58 Å². The predicted octanol–water partition coefficient (Wildman–Crippen LogP) is 2.75. The van der Waals surface area contributed by atoms with Crippen molar-refractivity contribution >= 4 is 28.5 Å². The van der Waals surface area contributed by atoms with Gasteiger partial charge in [-0.2, -0.15) is 0 Å². The molecule has 1 aliphatic heterocycles. The number of aromatic hydroxyl groups is 1. The van der Waals surface area contributed by atoms with Crippen LogP contribution in [0, 0.1) is 0 Å². The standard InChI is InChI=1S/C22H22N4O4/c1-25(2)8-4-7-21(28)24-18-6-3-5-14-12-26(13-17(14)18)22(29)16-9-15-11-23-30-20(15)10-19(16)27/h3-7,9-11,27H,8,12-13H2,1-2H3,(H,24,28)/b7-4+. The lowest BCUT2D eigenvalue weighted by Crippen LogP contribution is -2.25. The maximum Gasteiger partial charge on any atom is 0.258 e. The highest BCUT2D eigenvalue weighted by atomic mass is 16.5. The molecule has 2 N–H and O–H groups in total. The summed E-state index contributed by atoms with van der Waals surface area (Å²) in [6.07, 6.45) is 4.79. The van der Waals surface area contributed by atoms with E-state index in [1.807, 2.05) is 37.2 Å². The normalized spacial score (nSPS) is 13.4. The number of likely N-dealkylation sites (N-methyl/N-ethyl adjacent to an activating group) is 1. The Morgan fingerprint density at radius 2 is 2.13 bits per heavy atom. The highest BCUT2D eigenvalue weighted by molar-refractivity contribution is 6.02. The molecule has 0 aliphatic carbocycles. The SMILES string of the molecule is CN(C)C/C=C/C(=O)Nc1cccc2c1CN(C(=O)c1cc3cnoc3cc1O)C2. The van der Waals surface area contributed by atoms with Crippen LogP contribution >= 0.6 is 0 Å². The van der Waals surface area contributed by atoms with Crippen molar-refractivity contribution in [2.75, 3.05) is 26.0 Å². The van der Waals surface area contributed by atoms with Crippen LogP contribution < -0.4 is 5.32 Å². The molecule has 0 atom stereocenters. The fourth-order valence-corrected chi connectivity index (χ4v) is 3.47. The average molecular weight is 406 g/mol. The van der Waals surface area contributed by atoms with Gasteiger partial charge in [0, 0.05) is 48.4 Å². The zero-order valence-electron chi connectivity index (χ0n) is 16.8. The quantitative estimate of drug-likeness (QED) is 0.632. The van der Waals surface area contributed by atoms with Crippen molar-refractivity contribution in [2.45, 2.75) is 13.1 Å². The number of carbonyl (C=O) groups excluding carboxylic acids is 2. The number of anilines is 1. The molecule has 0 radical (unpaired) electrons. The Hall–Kier alpha value is -3.65. The van der Waals surface area contributed by atoms with E-state index in [9.17, 15) is 14.7 Å². The number of nitrogens with one attached hydrogen (secondary N) is 1. The van der Waals surface area contributed by atoms with Gasteiger partial charge in [-0.15, -0.1) is 0 Å². The molecular formula is C22H22N4O4. The van der Waals surface area contributed by atoms with Gasteiger partial charge in [0.2, 0.25) is 5.91 Å². The molecule has 0 fully saturated rings. The fourth-order valence-electron chi connectivity index (χ4n) is 3.47. The summed E-state index contributed by atoms with van der Waals surface area (Å²) in [5.41, 5.74) is 3.15. The van der Waals surface area contributed by atoms with Gasteiger partial charge < -0.3 is 24.7 Å². The molecule has 0 saturated heterocycles. The number of amides is 2. The van der Waals surface area contributed by atoms with Gasteiger partial charge in [0.05, 0.1) is 11.8 Å². The Morgan fingerprint density at radius 3 is 2.93 bits per heavy atom. The minimum atomic E-state index is -0.296. The number of carbonyl (C=O) groups is 2. The van der Waals surface area contributed by atoms with Crippen LogP contribution in [0.5, 0.6) is 5.75 Å². The van der Waals surface area contributed by atoms with Crippen LogP contribution in [-0.2, 0) is 17.9 Å². The molecule has 8 nitrogen and oxygen atoms in total. The van der Waals surface area contributed by atoms with E-state index in [2.05, 4.69) is 10.5 Å². The van der Waals surface area contributed by atoms with Gasteiger partial charge in [0.25, 0.3) is 5.91 Å². The second-order valence-electron chi connectivity index (χ2n) is 7.49. The van der Waals surface area contributed by atoms with Crippen LogP contribution in [0.3, 0.4) is 0 Å². The maximum absolute atomic E-state index is 13.1. The summed E-state index contributed by atoms with van der Waals surface area (Å²) in [6, 6.07) is 8.58. The van der Waals surface area contributed by atoms with Gasteiger partial charge >= 0.3 is 0 Å². The van der Waals surface area contributed by atoms with Crippen LogP contribution in [0.15, 0.2) is 53.2 Å². The first-order valence-electron chi connectivity index (χ1n) is 9.52. The van der Waals surface area contributed by atoms with E-state index in [0.29, 0.717) is 36.3 Å². The number of nitrogens with zero attached hydrogens (tertiary/aromatic N) is 3. The van der Waals surface area contributed by atoms with Crippen molar-refractivity contribution in [3.8, 4) is 5.75 Å². The average Bonchev–Trinajstić information content (AvgIpc) is 3.33. The topological polar surface area (TPSA) is 98.9 Å². The Balaban J connectivity index is 1.52. The summed E-state index contributed by atoms with van der Waals surface area (Å²) in [7, 11) is 3.85. The number of hydrogen-bond donors (Lipinski definition) is 2. The third-order valence-electron chi connectivity index (χ3n) is 4.97. The molecule has 2 heterocycles. The molecule has 30 heavy (non-hydrogen) atoms. The number of rotatable bonds is 5. The van der Waals surface area contributed by atoms with E-state index in [4.69, 9.17) is 4.52 Å². The number of phenols is 1. The number of phenolic OH excluding ortho intramolecular Hbond substituents is 1. The second-order valence-corrected chi connectivity index (χ2v) is 7.49. The van der Waals surface area contributed by atoms with Crippen LogP contribution in [0.1, 0.15) is 21.5 Å². The van der Waals surface area contributed by atoms with Crippen molar-refractivity contribution in [3.63, 3.8) is 0 Å². The van der Waals surface area contributed by atoms with Gasteiger partial charge in [-0.05, 0) is 31.8 Å². The van der Waals surface area contributed by atoms with Crippen molar-refractivity contribution in [1.82, 2.24) is 15.0 Å². The third-order valence-corrected chi connectivity index (χ3v) is 4.97. The van der Waals surface area contributed by atoms with Crippen molar-refractivity contribution < 1.29 is 19.2 Å². The molecule has 8 heteroatoms. The first kappa shape index (κ1) is 19.7. The zero-order chi connectivity index (χ0) is 21.3. The van der Waals surface area contributed by atoms with Crippen molar-refractivity contribution in [2.24, 2.45) is 0 Å². The molecule has 0 spiro atoms. The molecule has 2 amide bonds. The molecule has 4 rings (SSSR count). The lowest BCUT2D eigenvalue weighted by atomic mass is 10.1. The Labute approximate surface area is 173 Å². The first-order chi connectivity index (χ1) is 14.4. The highest BCUT2D eigenvalue weighted by Gasteiger charge is 2.28. The maximum atomic E-state index is 13.1. The molecular weight excluding hydrogens is 384 g/mol. The monoisotopic (exact) mass is 406 g/mol. The van der Waals surface area contributed by atoms with E-state index >= 15 is 0 Å². The van der Waals surface area contributed by atoms with Crippen LogP contribution in [0.2, 0.25) is 0 Å². The van der Waals surface area contributed by atoms with Gasteiger partial charge in [-0.1, -0.05) is 23.4 Å². The summed E-state index contributed by atoms with van der Waals surface area (Å²) in [5.74, 6) is -0.666. The summed E-state index contributed by atoms with van der Waals surface area (Å²) >= 11 is 0. The van der Waals surface area contributed by atoms with E-state index in [1.54, 1.807) is 17.0 Å². The van der Waals surface area contributed by atoms with E-state index in [-0.39, 0.29) is 23.1 Å². The van der Waals surface area contributed by atoms with Crippen LogP contribution in [0.4, 0.5) is 5.69 Å². The molecule has 1 aliphatic rings. The lowest BCUT2D eigenvalue weighted by molar-refractivity contribution is -0.111. The van der Waals surface area contributed by atoms with Gasteiger partial charge in [-0.25, -0.2) is 0 Å². The van der Waals surface area contributed by atoms with E-state index in [0.717, 1.165) is 11.1 Å². The predicted molar refractivity (Wildman–Crippen MR) is 112 cm³/mol. The zero-order valence-corrected chi connectivity index (χ0v) is 16.8. The third kappa shape index (κ3) is 3.90. The highest BCUT2D eigenvalue weighted by Crippen LogP contribution is 2.33. The minimum Gasteiger partial charge on any atom is -0.507 e. The molecule has 3 aromatic rings. The summed E-state index contributed by atoms with van der Waals surface area (Å²) < 4.78 is 5.02. The molecule has 0 saturated carbocycles. The minimum absolute atomic E-state index is 0.153. The van der Waals surface area contributed by atoms with E-state index in [1.165, 1.54) is 18.3 Å². The number of fused-ring (bicyclic) bond motifs is 2. The van der Waals surface area contributed by atoms with Gasteiger partial charge in [0.1, 0.15) is 5.75 Å². The Kier molecular flexibility index (Phi) is 5.24. The smallest absolute Gasteiger partial charge is 0.258 e. The lowest BCUT2D eigenvalue weighted by Gasteiger charge is -2.16. The number of aromatic nitrogens is 1. The van der Waals surface area contributed by atoms with Crippen molar-refractivity contribution in [1.29, 1.82) is 0 Å². The number of hydrogen-bond acceptors (Lipinski definition) is 6. The summed E-state index contributed by atoms with van der Waals surface area (Å²) in [4.78, 5) is 28.9. The summed E-state index contributed by atoms with van der Waals surface area (Å²) in [5, 5.41) is 17.5. The van der Waals surface area contributed by atoms with Crippen LogP contribution in [-0.4, -0.2) is 52.5 Å².